The van der Waals surface area contributed by atoms with Crippen LogP contribution in [0.2, 0.25) is 0 Å². The topological polar surface area (TPSA) is 55.6 Å². The molecular formula is C13H24N2O2. The highest BCUT2D eigenvalue weighted by molar-refractivity contribution is 5.68. The van der Waals surface area contributed by atoms with Gasteiger partial charge >= 0.3 is 6.09 Å². The minimum Gasteiger partial charge on any atom is -0.444 e. The highest BCUT2D eigenvalue weighted by Crippen LogP contribution is 2.36. The van der Waals surface area contributed by atoms with Crippen LogP contribution in [0.5, 0.6) is 0 Å². The molecule has 0 unspecified atom stereocenters. The van der Waals surface area contributed by atoms with E-state index in [1.807, 2.05) is 25.7 Å². The third-order valence-corrected chi connectivity index (χ3v) is 3.74. The number of nitrogens with two attached hydrogens (primary N) is 1. The Morgan fingerprint density at radius 1 is 1.24 bits per heavy atom. The molecule has 1 saturated heterocycles. The molecule has 0 aromatic rings. The zero-order chi connectivity index (χ0) is 12.6. The van der Waals surface area contributed by atoms with Crippen molar-refractivity contribution in [2.75, 3.05) is 13.1 Å². The van der Waals surface area contributed by atoms with E-state index in [9.17, 15) is 4.79 Å². The minimum absolute atomic E-state index is 0.166. The van der Waals surface area contributed by atoms with Gasteiger partial charge in [0.25, 0.3) is 0 Å². The molecule has 1 aliphatic heterocycles. The maximum Gasteiger partial charge on any atom is 0.410 e. The molecule has 1 heterocycles. The first-order chi connectivity index (χ1) is 7.85. The summed E-state index contributed by atoms with van der Waals surface area (Å²) in [6, 6.07) is 0.329. The van der Waals surface area contributed by atoms with Crippen molar-refractivity contribution in [1.82, 2.24) is 4.90 Å². The Hall–Kier alpha value is -0.770. The fourth-order valence-corrected chi connectivity index (χ4v) is 2.94. The number of hydrogen-bond acceptors (Lipinski definition) is 3. The predicted octanol–water partition coefficient (Wildman–Crippen LogP) is 1.98. The van der Waals surface area contributed by atoms with E-state index < -0.39 is 5.60 Å². The number of fused-ring (bicyclic) bond motifs is 1. The van der Waals surface area contributed by atoms with E-state index in [2.05, 4.69) is 0 Å². The number of carbonyl (C=O) groups excluding carboxylic acids is 1. The van der Waals surface area contributed by atoms with E-state index in [0.29, 0.717) is 17.9 Å². The molecule has 98 valence electrons. The monoisotopic (exact) mass is 240 g/mol. The first-order valence-electron chi connectivity index (χ1n) is 6.58. The summed E-state index contributed by atoms with van der Waals surface area (Å²) >= 11 is 0. The lowest BCUT2D eigenvalue weighted by Gasteiger charge is -2.27. The van der Waals surface area contributed by atoms with Gasteiger partial charge in [0, 0.05) is 19.1 Å². The molecule has 0 aromatic heterocycles. The molecule has 2 N–H and O–H groups in total. The van der Waals surface area contributed by atoms with Gasteiger partial charge in [0.1, 0.15) is 5.60 Å². The van der Waals surface area contributed by atoms with Crippen molar-refractivity contribution in [1.29, 1.82) is 0 Å². The van der Waals surface area contributed by atoms with Gasteiger partial charge in [-0.1, -0.05) is 0 Å². The number of hydrogen-bond donors (Lipinski definition) is 1. The quantitative estimate of drug-likeness (QED) is 0.704. The maximum atomic E-state index is 12.0. The third kappa shape index (κ3) is 3.12. The van der Waals surface area contributed by atoms with Gasteiger partial charge in [-0.2, -0.15) is 0 Å². The normalized spacial score (nSPS) is 33.4. The summed E-state index contributed by atoms with van der Waals surface area (Å²) in [7, 11) is 0. The van der Waals surface area contributed by atoms with Crippen molar-refractivity contribution in [3.8, 4) is 0 Å². The van der Waals surface area contributed by atoms with Crippen molar-refractivity contribution in [2.45, 2.75) is 51.7 Å². The molecule has 0 spiro atoms. The van der Waals surface area contributed by atoms with Crippen molar-refractivity contribution < 1.29 is 9.53 Å². The number of rotatable bonds is 0. The van der Waals surface area contributed by atoms with Crippen molar-refractivity contribution in [2.24, 2.45) is 17.6 Å². The molecule has 1 amide bonds. The Balaban J connectivity index is 1.91. The summed E-state index contributed by atoms with van der Waals surface area (Å²) in [6.07, 6.45) is 3.15. The highest BCUT2D eigenvalue weighted by atomic mass is 16.6. The molecule has 0 bridgehead atoms. The van der Waals surface area contributed by atoms with Crippen molar-refractivity contribution in [3.05, 3.63) is 0 Å². The Kier molecular flexibility index (Phi) is 3.34. The van der Waals surface area contributed by atoms with E-state index in [4.69, 9.17) is 10.5 Å². The Morgan fingerprint density at radius 3 is 2.53 bits per heavy atom. The van der Waals surface area contributed by atoms with Crippen LogP contribution in [0.25, 0.3) is 0 Å². The van der Waals surface area contributed by atoms with Crippen LogP contribution in [-0.2, 0) is 4.74 Å². The smallest absolute Gasteiger partial charge is 0.410 e. The van der Waals surface area contributed by atoms with Gasteiger partial charge in [0.2, 0.25) is 0 Å². The van der Waals surface area contributed by atoms with E-state index in [1.165, 1.54) is 0 Å². The number of carbonyl (C=O) groups is 1. The Labute approximate surface area is 103 Å². The number of likely N-dealkylation sites (tertiary alicyclic amines) is 1. The molecule has 0 radical (unpaired) electrons. The summed E-state index contributed by atoms with van der Waals surface area (Å²) in [6.45, 7) is 7.40. The molecule has 4 heteroatoms. The fraction of sp³-hybridized carbons (Fsp3) is 0.923. The van der Waals surface area contributed by atoms with Crippen LogP contribution in [0.3, 0.4) is 0 Å². The molecular weight excluding hydrogens is 216 g/mol. The van der Waals surface area contributed by atoms with Crippen molar-refractivity contribution >= 4 is 6.09 Å². The zero-order valence-corrected chi connectivity index (χ0v) is 11.1. The van der Waals surface area contributed by atoms with Gasteiger partial charge in [0.15, 0.2) is 0 Å². The number of ether oxygens (including phenoxy) is 1. The standard InChI is InChI=1S/C13H24N2O2/c1-13(2,3)17-12(16)15-7-9-4-5-11(14)6-10(9)8-15/h9-11H,4-8,14H2,1-3H3/t9-,10+,11-/m1/s1. The number of nitrogens with zero attached hydrogens (tertiary/aromatic N) is 1. The lowest BCUT2D eigenvalue weighted by atomic mass is 9.79. The minimum atomic E-state index is -0.402. The first kappa shape index (κ1) is 12.7. The second kappa shape index (κ2) is 4.48. The van der Waals surface area contributed by atoms with Crippen LogP contribution in [0.1, 0.15) is 40.0 Å². The van der Waals surface area contributed by atoms with E-state index >= 15 is 0 Å². The van der Waals surface area contributed by atoms with E-state index in [0.717, 1.165) is 32.4 Å². The average molecular weight is 240 g/mol. The third-order valence-electron chi connectivity index (χ3n) is 3.74. The van der Waals surface area contributed by atoms with Gasteiger partial charge in [0.05, 0.1) is 0 Å². The zero-order valence-electron chi connectivity index (χ0n) is 11.1. The summed E-state index contributed by atoms with van der Waals surface area (Å²) in [5.41, 5.74) is 5.58. The molecule has 3 atom stereocenters. The summed E-state index contributed by atoms with van der Waals surface area (Å²) in [4.78, 5) is 13.8. The Morgan fingerprint density at radius 2 is 1.88 bits per heavy atom. The first-order valence-corrected chi connectivity index (χ1v) is 6.58. The van der Waals surface area contributed by atoms with E-state index in [1.54, 1.807) is 0 Å². The highest BCUT2D eigenvalue weighted by Gasteiger charge is 2.39. The van der Waals surface area contributed by atoms with Gasteiger partial charge in [-0.3, -0.25) is 0 Å². The van der Waals surface area contributed by atoms with Crippen LogP contribution < -0.4 is 5.73 Å². The lowest BCUT2D eigenvalue weighted by Crippen LogP contribution is -2.35. The summed E-state index contributed by atoms with van der Waals surface area (Å²) in [5.74, 6) is 1.23. The molecule has 17 heavy (non-hydrogen) atoms. The van der Waals surface area contributed by atoms with Crippen LogP contribution >= 0.6 is 0 Å². The molecule has 4 nitrogen and oxygen atoms in total. The summed E-state index contributed by atoms with van der Waals surface area (Å²) < 4.78 is 5.41. The van der Waals surface area contributed by atoms with Gasteiger partial charge < -0.3 is 15.4 Å². The van der Waals surface area contributed by atoms with E-state index in [-0.39, 0.29) is 6.09 Å². The molecule has 2 rings (SSSR count). The van der Waals surface area contributed by atoms with Gasteiger partial charge in [-0.15, -0.1) is 0 Å². The van der Waals surface area contributed by atoms with Crippen LogP contribution in [0.4, 0.5) is 4.79 Å². The van der Waals surface area contributed by atoms with Crippen LogP contribution in [0.15, 0.2) is 0 Å². The second-order valence-corrected chi connectivity index (χ2v) is 6.48. The number of amides is 1. The maximum absolute atomic E-state index is 12.0. The van der Waals surface area contributed by atoms with Crippen molar-refractivity contribution in [3.63, 3.8) is 0 Å². The van der Waals surface area contributed by atoms with Gasteiger partial charge in [-0.25, -0.2) is 4.79 Å². The predicted molar refractivity (Wildman–Crippen MR) is 66.6 cm³/mol. The Bertz CT molecular complexity index is 298. The van der Waals surface area contributed by atoms with Crippen LogP contribution in [0, 0.1) is 11.8 Å². The molecule has 1 saturated carbocycles. The largest absolute Gasteiger partial charge is 0.444 e. The fourth-order valence-electron chi connectivity index (χ4n) is 2.94. The molecule has 2 aliphatic rings. The lowest BCUT2D eigenvalue weighted by molar-refractivity contribution is 0.0284. The second-order valence-electron chi connectivity index (χ2n) is 6.48. The summed E-state index contributed by atoms with van der Waals surface area (Å²) in [5, 5.41) is 0. The SMILES string of the molecule is CC(C)(C)OC(=O)N1C[C@H]2CC[C@@H](N)C[C@H]2C1. The average Bonchev–Trinajstić information content (AvgIpc) is 2.57. The van der Waals surface area contributed by atoms with Gasteiger partial charge in [-0.05, 0) is 51.9 Å². The van der Waals surface area contributed by atoms with Crippen LogP contribution in [-0.4, -0.2) is 35.7 Å². The molecule has 2 fully saturated rings. The molecule has 0 aromatic carbocycles. The molecule has 1 aliphatic carbocycles.